The van der Waals surface area contributed by atoms with Crippen LogP contribution in [0.25, 0.3) is 0 Å². The van der Waals surface area contributed by atoms with E-state index in [9.17, 15) is 0 Å². The van der Waals surface area contributed by atoms with Crippen LogP contribution >= 0.6 is 15.9 Å². The fourth-order valence-corrected chi connectivity index (χ4v) is 10.1. The second-order valence-corrected chi connectivity index (χ2v) is 13.9. The van der Waals surface area contributed by atoms with Crippen molar-refractivity contribution in [2.45, 2.75) is 65.1 Å². The second-order valence-electron chi connectivity index (χ2n) is 7.56. The molecule has 0 saturated carbocycles. The van der Waals surface area contributed by atoms with Crippen LogP contribution in [0.15, 0.2) is 4.47 Å². The van der Waals surface area contributed by atoms with Crippen LogP contribution < -0.4 is 14.2 Å². The van der Waals surface area contributed by atoms with Crippen LogP contribution in [-0.4, -0.2) is 29.4 Å². The molecule has 0 aromatic heterocycles. The van der Waals surface area contributed by atoms with E-state index in [-0.39, 0.29) is 0 Å². The van der Waals surface area contributed by atoms with E-state index in [1.165, 1.54) is 0 Å². The van der Waals surface area contributed by atoms with Gasteiger partial charge in [0.25, 0.3) is 0 Å². The van der Waals surface area contributed by atoms with E-state index in [4.69, 9.17) is 14.2 Å². The molecule has 0 radical (unpaired) electrons. The van der Waals surface area contributed by atoms with Crippen molar-refractivity contribution in [3.05, 3.63) is 15.6 Å². The van der Waals surface area contributed by atoms with Gasteiger partial charge in [0.15, 0.2) is 11.5 Å². The Morgan fingerprint density at radius 3 is 1.54 bits per heavy atom. The standard InChI is InChI=1S/C21H33BrO3Si/c1-13(2)26(14(3)4,15(5)6)12-11-17-18(22)19(23-8)16(7)20(24-9)21(17)25-10/h13-15H,1-10H3. The SMILES string of the molecule is COc1c(C)c(OC)c(OC)c(C#C[Si](C(C)C)(C(C)C)C(C)C)c1Br. The van der Waals surface area contributed by atoms with E-state index in [2.05, 4.69) is 68.9 Å². The second kappa shape index (κ2) is 9.19. The van der Waals surface area contributed by atoms with E-state index in [1.807, 2.05) is 6.92 Å². The molecular weight excluding hydrogens is 408 g/mol. The van der Waals surface area contributed by atoms with E-state index in [1.54, 1.807) is 21.3 Å². The Hall–Kier alpha value is -1.12. The Kier molecular flexibility index (Phi) is 8.10. The van der Waals surface area contributed by atoms with Crippen LogP contribution in [0.4, 0.5) is 0 Å². The highest BCUT2D eigenvalue weighted by Crippen LogP contribution is 2.46. The van der Waals surface area contributed by atoms with Gasteiger partial charge in [-0.3, -0.25) is 0 Å². The minimum atomic E-state index is -1.86. The molecule has 5 heteroatoms. The maximum Gasteiger partial charge on any atom is 0.178 e. The lowest BCUT2D eigenvalue weighted by Gasteiger charge is -2.38. The van der Waals surface area contributed by atoms with Crippen molar-refractivity contribution in [1.82, 2.24) is 0 Å². The van der Waals surface area contributed by atoms with Crippen molar-refractivity contribution >= 4 is 24.0 Å². The summed E-state index contributed by atoms with van der Waals surface area (Å²) >= 11 is 3.68. The van der Waals surface area contributed by atoms with E-state index in [0.29, 0.717) is 28.1 Å². The molecule has 146 valence electrons. The fourth-order valence-electron chi connectivity index (χ4n) is 4.16. The Labute approximate surface area is 168 Å². The molecule has 0 unspecified atom stereocenters. The average molecular weight is 441 g/mol. The number of benzene rings is 1. The molecule has 0 N–H and O–H groups in total. The average Bonchev–Trinajstić information content (AvgIpc) is 2.55. The minimum Gasteiger partial charge on any atom is -0.495 e. The molecule has 0 aliphatic carbocycles. The predicted octanol–water partition coefficient (Wildman–Crippen LogP) is 6.35. The lowest BCUT2D eigenvalue weighted by molar-refractivity contribution is 0.344. The third-order valence-electron chi connectivity index (χ3n) is 5.42. The summed E-state index contributed by atoms with van der Waals surface area (Å²) in [5, 5.41) is 0. The molecule has 26 heavy (non-hydrogen) atoms. The number of methoxy groups -OCH3 is 3. The zero-order valence-electron chi connectivity index (χ0n) is 17.8. The van der Waals surface area contributed by atoms with Gasteiger partial charge in [-0.25, -0.2) is 0 Å². The first-order valence-electron chi connectivity index (χ1n) is 9.11. The molecule has 3 nitrogen and oxygen atoms in total. The van der Waals surface area contributed by atoms with Crippen LogP contribution in [0.5, 0.6) is 17.2 Å². The third-order valence-corrected chi connectivity index (χ3v) is 12.5. The number of hydrogen-bond donors (Lipinski definition) is 0. The Bertz CT molecular complexity index is 678. The van der Waals surface area contributed by atoms with Gasteiger partial charge in [-0.1, -0.05) is 47.5 Å². The molecule has 1 aromatic rings. The normalized spacial score (nSPS) is 11.6. The third kappa shape index (κ3) is 3.92. The van der Waals surface area contributed by atoms with Gasteiger partial charge in [0.2, 0.25) is 0 Å². The molecule has 0 aliphatic rings. The monoisotopic (exact) mass is 440 g/mol. The molecule has 0 bridgehead atoms. The molecule has 0 amide bonds. The number of halogens is 1. The highest BCUT2D eigenvalue weighted by atomic mass is 79.9. The topological polar surface area (TPSA) is 27.7 Å². The van der Waals surface area contributed by atoms with Crippen molar-refractivity contribution in [2.75, 3.05) is 21.3 Å². The molecule has 0 aliphatic heterocycles. The van der Waals surface area contributed by atoms with Crippen molar-refractivity contribution in [1.29, 1.82) is 0 Å². The first-order valence-corrected chi connectivity index (χ1v) is 12.1. The number of rotatable bonds is 6. The summed E-state index contributed by atoms with van der Waals surface area (Å²) in [5.74, 6) is 5.53. The van der Waals surface area contributed by atoms with Crippen LogP contribution in [0.3, 0.4) is 0 Å². The van der Waals surface area contributed by atoms with Crippen molar-refractivity contribution < 1.29 is 14.2 Å². The van der Waals surface area contributed by atoms with Crippen LogP contribution in [-0.2, 0) is 0 Å². The number of ether oxygens (including phenoxy) is 3. The summed E-state index contributed by atoms with van der Waals surface area (Å²) in [6.45, 7) is 15.8. The molecule has 0 heterocycles. The van der Waals surface area contributed by atoms with Crippen LogP contribution in [0.1, 0.15) is 52.7 Å². The van der Waals surface area contributed by atoms with Gasteiger partial charge < -0.3 is 14.2 Å². The highest BCUT2D eigenvalue weighted by molar-refractivity contribution is 9.10. The smallest absolute Gasteiger partial charge is 0.178 e. The lowest BCUT2D eigenvalue weighted by Crippen LogP contribution is -2.43. The first-order chi connectivity index (χ1) is 12.1. The Balaban J connectivity index is 3.82. The van der Waals surface area contributed by atoms with Crippen LogP contribution in [0, 0.1) is 18.4 Å². The van der Waals surface area contributed by atoms with Gasteiger partial charge in [-0.2, -0.15) is 0 Å². The molecular formula is C21H33BrO3Si. The van der Waals surface area contributed by atoms with Gasteiger partial charge in [-0.05, 0) is 39.5 Å². The Morgan fingerprint density at radius 2 is 1.19 bits per heavy atom. The van der Waals surface area contributed by atoms with Gasteiger partial charge in [0.1, 0.15) is 13.8 Å². The molecule has 0 spiro atoms. The maximum absolute atomic E-state index is 5.68. The van der Waals surface area contributed by atoms with E-state index in [0.717, 1.165) is 21.3 Å². The van der Waals surface area contributed by atoms with Gasteiger partial charge >= 0.3 is 0 Å². The van der Waals surface area contributed by atoms with E-state index >= 15 is 0 Å². The first kappa shape index (κ1) is 22.9. The van der Waals surface area contributed by atoms with Crippen molar-refractivity contribution in [2.24, 2.45) is 0 Å². The molecule has 1 aromatic carbocycles. The van der Waals surface area contributed by atoms with Crippen molar-refractivity contribution in [3.8, 4) is 28.7 Å². The quantitative estimate of drug-likeness (QED) is 0.380. The highest BCUT2D eigenvalue weighted by Gasteiger charge is 2.41. The molecule has 0 atom stereocenters. The zero-order valence-corrected chi connectivity index (χ0v) is 20.4. The summed E-state index contributed by atoms with van der Waals surface area (Å²) in [4.78, 5) is 0. The number of hydrogen-bond acceptors (Lipinski definition) is 3. The zero-order chi connectivity index (χ0) is 20.2. The summed E-state index contributed by atoms with van der Waals surface area (Å²) < 4.78 is 17.7. The van der Waals surface area contributed by atoms with Gasteiger partial charge in [-0.15, -0.1) is 5.54 Å². The van der Waals surface area contributed by atoms with Crippen LogP contribution in [0.2, 0.25) is 16.6 Å². The van der Waals surface area contributed by atoms with E-state index < -0.39 is 8.07 Å². The van der Waals surface area contributed by atoms with Crippen molar-refractivity contribution in [3.63, 3.8) is 0 Å². The summed E-state index contributed by atoms with van der Waals surface area (Å²) in [6, 6.07) is 0. The van der Waals surface area contributed by atoms with Gasteiger partial charge in [0.05, 0.1) is 31.4 Å². The molecule has 1 rings (SSSR count). The summed E-state index contributed by atoms with van der Waals surface area (Å²) in [5.41, 5.74) is 7.13. The summed E-state index contributed by atoms with van der Waals surface area (Å²) in [6.07, 6.45) is 0. The summed E-state index contributed by atoms with van der Waals surface area (Å²) in [7, 11) is 3.10. The van der Waals surface area contributed by atoms with Gasteiger partial charge in [0, 0.05) is 5.56 Å². The largest absolute Gasteiger partial charge is 0.495 e. The fraction of sp³-hybridized carbons (Fsp3) is 0.619. The molecule has 0 saturated heterocycles. The lowest BCUT2D eigenvalue weighted by atomic mass is 10.1. The molecule has 0 fully saturated rings. The maximum atomic E-state index is 5.68. The minimum absolute atomic E-state index is 0.564. The predicted molar refractivity (Wildman–Crippen MR) is 116 cm³/mol. The Morgan fingerprint density at radius 1 is 0.769 bits per heavy atom.